The lowest BCUT2D eigenvalue weighted by Crippen LogP contribution is -2.25. The fourth-order valence-electron chi connectivity index (χ4n) is 1.38. The monoisotopic (exact) mass is 252 g/mol. The molecule has 1 amide bonds. The van der Waals surface area contributed by atoms with Crippen LogP contribution in [-0.4, -0.2) is 42.7 Å². The first kappa shape index (κ1) is 14.4. The van der Waals surface area contributed by atoms with E-state index in [0.717, 1.165) is 19.4 Å². The Morgan fingerprint density at radius 3 is 2.78 bits per heavy atom. The fraction of sp³-hybridized carbons (Fsp3) is 0.583. The Balaban J connectivity index is 2.32. The third kappa shape index (κ3) is 5.09. The highest BCUT2D eigenvalue weighted by molar-refractivity contribution is 5.91. The highest BCUT2D eigenvalue weighted by atomic mass is 16.5. The van der Waals surface area contributed by atoms with E-state index in [9.17, 15) is 4.79 Å². The molecule has 0 saturated carbocycles. The maximum absolute atomic E-state index is 11.7. The SMILES string of the molecule is CCNc1cnc(C(=O)NCCCCOC)cn1. The zero-order valence-electron chi connectivity index (χ0n) is 10.9. The molecule has 0 fully saturated rings. The van der Waals surface area contributed by atoms with Crippen LogP contribution in [0.5, 0.6) is 0 Å². The topological polar surface area (TPSA) is 76.1 Å². The normalized spacial score (nSPS) is 10.1. The van der Waals surface area contributed by atoms with Crippen LogP contribution in [0.1, 0.15) is 30.3 Å². The van der Waals surface area contributed by atoms with Crippen LogP contribution >= 0.6 is 0 Å². The summed E-state index contributed by atoms with van der Waals surface area (Å²) in [7, 11) is 1.67. The molecule has 1 aromatic heterocycles. The Morgan fingerprint density at radius 1 is 1.33 bits per heavy atom. The highest BCUT2D eigenvalue weighted by Gasteiger charge is 2.06. The molecule has 0 spiro atoms. The van der Waals surface area contributed by atoms with Crippen molar-refractivity contribution < 1.29 is 9.53 Å². The standard InChI is InChI=1S/C12H20N4O2/c1-3-13-11-9-15-10(8-16-11)12(17)14-6-4-5-7-18-2/h8-9H,3-7H2,1-2H3,(H,13,16)(H,14,17). The Labute approximate surface area is 107 Å². The lowest BCUT2D eigenvalue weighted by Gasteiger charge is -2.05. The van der Waals surface area contributed by atoms with Gasteiger partial charge in [0.25, 0.3) is 5.91 Å². The van der Waals surface area contributed by atoms with Gasteiger partial charge in [-0.1, -0.05) is 0 Å². The van der Waals surface area contributed by atoms with Crippen molar-refractivity contribution in [2.24, 2.45) is 0 Å². The summed E-state index contributed by atoms with van der Waals surface area (Å²) < 4.78 is 4.93. The van der Waals surface area contributed by atoms with E-state index in [0.29, 0.717) is 24.7 Å². The molecular formula is C12H20N4O2. The number of hydrogen-bond acceptors (Lipinski definition) is 5. The predicted octanol–water partition coefficient (Wildman–Crippen LogP) is 1.06. The van der Waals surface area contributed by atoms with Gasteiger partial charge in [0.15, 0.2) is 0 Å². The first-order valence-electron chi connectivity index (χ1n) is 6.11. The van der Waals surface area contributed by atoms with Crippen molar-refractivity contribution in [1.82, 2.24) is 15.3 Å². The summed E-state index contributed by atoms with van der Waals surface area (Å²) in [5.41, 5.74) is 0.336. The van der Waals surface area contributed by atoms with E-state index in [1.165, 1.54) is 6.20 Å². The molecule has 0 unspecified atom stereocenters. The minimum absolute atomic E-state index is 0.192. The van der Waals surface area contributed by atoms with Gasteiger partial charge in [0, 0.05) is 26.8 Å². The number of aromatic nitrogens is 2. The summed E-state index contributed by atoms with van der Waals surface area (Å²) in [5, 5.41) is 5.81. The van der Waals surface area contributed by atoms with E-state index in [1.54, 1.807) is 13.3 Å². The molecule has 0 aliphatic rings. The molecule has 1 aromatic rings. The lowest BCUT2D eigenvalue weighted by molar-refractivity contribution is 0.0946. The highest BCUT2D eigenvalue weighted by Crippen LogP contribution is 2.00. The average Bonchev–Trinajstić information content (AvgIpc) is 2.39. The van der Waals surface area contributed by atoms with Crippen molar-refractivity contribution in [2.45, 2.75) is 19.8 Å². The van der Waals surface area contributed by atoms with Crippen molar-refractivity contribution in [3.8, 4) is 0 Å². The molecule has 0 saturated heterocycles. The van der Waals surface area contributed by atoms with Crippen LogP contribution in [0.3, 0.4) is 0 Å². The molecule has 2 N–H and O–H groups in total. The summed E-state index contributed by atoms with van der Waals surface area (Å²) in [5.74, 6) is 0.483. The molecule has 0 bridgehead atoms. The Hall–Kier alpha value is -1.69. The lowest BCUT2D eigenvalue weighted by atomic mass is 10.3. The van der Waals surface area contributed by atoms with Crippen LogP contribution in [0.2, 0.25) is 0 Å². The number of amides is 1. The van der Waals surface area contributed by atoms with E-state index in [2.05, 4.69) is 20.6 Å². The maximum Gasteiger partial charge on any atom is 0.271 e. The van der Waals surface area contributed by atoms with Crippen molar-refractivity contribution in [3.63, 3.8) is 0 Å². The van der Waals surface area contributed by atoms with Gasteiger partial charge < -0.3 is 15.4 Å². The maximum atomic E-state index is 11.7. The minimum atomic E-state index is -0.192. The number of nitrogens with one attached hydrogen (secondary N) is 2. The Morgan fingerprint density at radius 2 is 2.17 bits per heavy atom. The Bertz CT molecular complexity index is 354. The number of carbonyl (C=O) groups excluding carboxylic acids is 1. The van der Waals surface area contributed by atoms with Crippen LogP contribution < -0.4 is 10.6 Å². The largest absolute Gasteiger partial charge is 0.385 e. The zero-order chi connectivity index (χ0) is 13.2. The number of methoxy groups -OCH3 is 1. The second kappa shape index (κ2) is 8.41. The van der Waals surface area contributed by atoms with Crippen molar-refractivity contribution in [3.05, 3.63) is 18.1 Å². The van der Waals surface area contributed by atoms with E-state index in [4.69, 9.17) is 4.74 Å². The van der Waals surface area contributed by atoms with Crippen molar-refractivity contribution in [2.75, 3.05) is 32.1 Å². The first-order chi connectivity index (χ1) is 8.77. The molecule has 1 heterocycles. The van der Waals surface area contributed by atoms with Crippen LogP contribution in [0.15, 0.2) is 12.4 Å². The van der Waals surface area contributed by atoms with E-state index >= 15 is 0 Å². The molecule has 6 heteroatoms. The third-order valence-corrected chi connectivity index (χ3v) is 2.30. The van der Waals surface area contributed by atoms with Gasteiger partial charge in [0.05, 0.1) is 12.4 Å². The molecule has 1 rings (SSSR count). The minimum Gasteiger partial charge on any atom is -0.385 e. The molecule has 0 radical (unpaired) electrons. The molecule has 0 atom stereocenters. The summed E-state index contributed by atoms with van der Waals surface area (Å²) in [6.07, 6.45) is 4.86. The van der Waals surface area contributed by atoms with Gasteiger partial charge in [0.1, 0.15) is 11.5 Å². The number of rotatable bonds is 8. The van der Waals surface area contributed by atoms with Gasteiger partial charge >= 0.3 is 0 Å². The number of nitrogens with zero attached hydrogens (tertiary/aromatic N) is 2. The van der Waals surface area contributed by atoms with E-state index in [-0.39, 0.29) is 5.91 Å². The summed E-state index contributed by atoms with van der Waals surface area (Å²) in [6.45, 7) is 4.09. The second-order valence-corrected chi connectivity index (χ2v) is 3.77. The Kier molecular flexibility index (Phi) is 6.71. The molecular weight excluding hydrogens is 232 g/mol. The quantitative estimate of drug-likeness (QED) is 0.677. The predicted molar refractivity (Wildman–Crippen MR) is 69.6 cm³/mol. The van der Waals surface area contributed by atoms with Gasteiger partial charge in [-0.2, -0.15) is 0 Å². The van der Waals surface area contributed by atoms with Gasteiger partial charge in [-0.25, -0.2) is 9.97 Å². The number of unbranched alkanes of at least 4 members (excludes halogenated alkanes) is 1. The third-order valence-electron chi connectivity index (χ3n) is 2.30. The fourth-order valence-corrected chi connectivity index (χ4v) is 1.38. The van der Waals surface area contributed by atoms with E-state index in [1.807, 2.05) is 6.92 Å². The van der Waals surface area contributed by atoms with Crippen LogP contribution in [-0.2, 0) is 4.74 Å². The number of carbonyl (C=O) groups is 1. The van der Waals surface area contributed by atoms with Gasteiger partial charge in [-0.05, 0) is 19.8 Å². The molecule has 0 aliphatic heterocycles. The van der Waals surface area contributed by atoms with Crippen molar-refractivity contribution in [1.29, 1.82) is 0 Å². The summed E-state index contributed by atoms with van der Waals surface area (Å²) in [6, 6.07) is 0. The number of hydrogen-bond donors (Lipinski definition) is 2. The summed E-state index contributed by atoms with van der Waals surface area (Å²) in [4.78, 5) is 19.8. The summed E-state index contributed by atoms with van der Waals surface area (Å²) >= 11 is 0. The van der Waals surface area contributed by atoms with Gasteiger partial charge in [-0.15, -0.1) is 0 Å². The van der Waals surface area contributed by atoms with Gasteiger partial charge in [-0.3, -0.25) is 4.79 Å². The van der Waals surface area contributed by atoms with Gasteiger partial charge in [0.2, 0.25) is 0 Å². The number of anilines is 1. The second-order valence-electron chi connectivity index (χ2n) is 3.77. The molecule has 0 aliphatic carbocycles. The molecule has 100 valence electrons. The molecule has 18 heavy (non-hydrogen) atoms. The van der Waals surface area contributed by atoms with Crippen LogP contribution in [0.4, 0.5) is 5.82 Å². The number of ether oxygens (including phenoxy) is 1. The first-order valence-corrected chi connectivity index (χ1v) is 6.11. The smallest absolute Gasteiger partial charge is 0.271 e. The van der Waals surface area contributed by atoms with E-state index < -0.39 is 0 Å². The molecule has 6 nitrogen and oxygen atoms in total. The molecule has 0 aromatic carbocycles. The average molecular weight is 252 g/mol. The van der Waals surface area contributed by atoms with Crippen LogP contribution in [0.25, 0.3) is 0 Å². The van der Waals surface area contributed by atoms with Crippen LogP contribution in [0, 0.1) is 0 Å². The van der Waals surface area contributed by atoms with Crippen molar-refractivity contribution >= 4 is 11.7 Å². The zero-order valence-corrected chi connectivity index (χ0v) is 10.9.